The molecule has 1 saturated heterocycles. The first kappa shape index (κ1) is 17.5. The lowest BCUT2D eigenvalue weighted by Gasteiger charge is -2.17. The van der Waals surface area contributed by atoms with Gasteiger partial charge in [0, 0.05) is 20.2 Å². The van der Waals surface area contributed by atoms with E-state index in [1.54, 1.807) is 11.4 Å². The van der Waals surface area contributed by atoms with Crippen molar-refractivity contribution in [2.75, 3.05) is 52.6 Å². The van der Waals surface area contributed by atoms with Crippen LogP contribution >= 0.6 is 0 Å². The minimum Gasteiger partial charge on any atom is -0.454 e. The summed E-state index contributed by atoms with van der Waals surface area (Å²) in [5.74, 6) is 1.67. The maximum absolute atomic E-state index is 12.4. The lowest BCUT2D eigenvalue weighted by molar-refractivity contribution is 0.0782. The van der Waals surface area contributed by atoms with Crippen molar-refractivity contribution in [2.45, 2.75) is 12.3 Å². The molecule has 1 fully saturated rings. The van der Waals surface area contributed by atoms with E-state index in [0.717, 1.165) is 23.5 Å². The highest BCUT2D eigenvalue weighted by atomic mass is 32.2. The predicted octanol–water partition coefficient (Wildman–Crippen LogP) is 1.20. The standard InChI is InChI=1S/C16H23NO6S/c1-20-6-7-21-8-9-24(18,19)17-5-4-14(11-17)13-2-3-15-16(10-13)23-12-22-15/h2-3,10,14H,4-9,11-12H2,1H3. The number of benzene rings is 1. The zero-order chi connectivity index (χ0) is 17.0. The van der Waals surface area contributed by atoms with Crippen molar-refractivity contribution in [1.82, 2.24) is 4.31 Å². The highest BCUT2D eigenvalue weighted by molar-refractivity contribution is 7.89. The third kappa shape index (κ3) is 4.00. The van der Waals surface area contributed by atoms with Crippen LogP contribution in [-0.4, -0.2) is 65.3 Å². The van der Waals surface area contributed by atoms with Crippen LogP contribution in [0.25, 0.3) is 0 Å². The molecule has 1 aromatic carbocycles. The number of sulfonamides is 1. The van der Waals surface area contributed by atoms with Gasteiger partial charge in [-0.25, -0.2) is 12.7 Å². The van der Waals surface area contributed by atoms with E-state index in [1.807, 2.05) is 18.2 Å². The summed E-state index contributed by atoms with van der Waals surface area (Å²) in [6.07, 6.45) is 0.809. The van der Waals surface area contributed by atoms with Gasteiger partial charge in [0.15, 0.2) is 11.5 Å². The number of ether oxygens (including phenoxy) is 4. The molecule has 0 bridgehead atoms. The van der Waals surface area contributed by atoms with Gasteiger partial charge in [0.1, 0.15) is 0 Å². The van der Waals surface area contributed by atoms with E-state index >= 15 is 0 Å². The van der Waals surface area contributed by atoms with Gasteiger partial charge in [0.25, 0.3) is 0 Å². The van der Waals surface area contributed by atoms with Gasteiger partial charge in [-0.3, -0.25) is 0 Å². The Hall–Kier alpha value is -1.35. The van der Waals surface area contributed by atoms with Gasteiger partial charge in [0.2, 0.25) is 16.8 Å². The van der Waals surface area contributed by atoms with E-state index < -0.39 is 10.0 Å². The van der Waals surface area contributed by atoms with Crippen molar-refractivity contribution in [3.8, 4) is 11.5 Å². The molecule has 0 amide bonds. The minimum atomic E-state index is -3.29. The monoisotopic (exact) mass is 357 g/mol. The Labute approximate surface area is 142 Å². The Kier molecular flexibility index (Phi) is 5.60. The molecule has 134 valence electrons. The largest absolute Gasteiger partial charge is 0.454 e. The molecule has 0 N–H and O–H groups in total. The molecule has 3 rings (SSSR count). The van der Waals surface area contributed by atoms with Gasteiger partial charge in [0.05, 0.1) is 25.6 Å². The van der Waals surface area contributed by atoms with Crippen molar-refractivity contribution < 1.29 is 27.4 Å². The van der Waals surface area contributed by atoms with Crippen LogP contribution in [0, 0.1) is 0 Å². The van der Waals surface area contributed by atoms with E-state index in [9.17, 15) is 8.42 Å². The molecule has 8 heteroatoms. The fourth-order valence-corrected chi connectivity index (χ4v) is 4.33. The fraction of sp³-hybridized carbons (Fsp3) is 0.625. The smallest absolute Gasteiger partial charge is 0.231 e. The van der Waals surface area contributed by atoms with Crippen LogP contribution in [0.3, 0.4) is 0 Å². The van der Waals surface area contributed by atoms with Crippen LogP contribution in [0.4, 0.5) is 0 Å². The summed E-state index contributed by atoms with van der Waals surface area (Å²) < 4.78 is 47.2. The zero-order valence-electron chi connectivity index (χ0n) is 13.8. The van der Waals surface area contributed by atoms with Crippen molar-refractivity contribution in [2.24, 2.45) is 0 Å². The summed E-state index contributed by atoms with van der Waals surface area (Å²) in [4.78, 5) is 0. The Morgan fingerprint density at radius 3 is 2.88 bits per heavy atom. The summed E-state index contributed by atoms with van der Waals surface area (Å²) >= 11 is 0. The second-order valence-electron chi connectivity index (χ2n) is 5.88. The normalized spacial score (nSPS) is 20.6. The second-order valence-corrected chi connectivity index (χ2v) is 7.97. The fourth-order valence-electron chi connectivity index (χ4n) is 2.96. The minimum absolute atomic E-state index is 0.00454. The molecule has 0 aromatic heterocycles. The molecule has 0 spiro atoms. The summed E-state index contributed by atoms with van der Waals surface area (Å²) in [7, 11) is -1.70. The second kappa shape index (κ2) is 7.69. The number of fused-ring (bicyclic) bond motifs is 1. The van der Waals surface area contributed by atoms with Crippen LogP contribution in [0.2, 0.25) is 0 Å². The molecule has 0 radical (unpaired) electrons. The molecule has 2 aliphatic rings. The van der Waals surface area contributed by atoms with Gasteiger partial charge in [-0.1, -0.05) is 6.07 Å². The van der Waals surface area contributed by atoms with E-state index in [-0.39, 0.29) is 25.1 Å². The molecule has 7 nitrogen and oxygen atoms in total. The highest BCUT2D eigenvalue weighted by Gasteiger charge is 2.32. The molecule has 1 aromatic rings. The maximum atomic E-state index is 12.4. The predicted molar refractivity (Wildman–Crippen MR) is 88.0 cm³/mol. The van der Waals surface area contributed by atoms with E-state index in [4.69, 9.17) is 18.9 Å². The number of rotatable bonds is 8. The summed E-state index contributed by atoms with van der Waals surface area (Å²) in [6.45, 7) is 2.35. The van der Waals surface area contributed by atoms with E-state index in [0.29, 0.717) is 26.3 Å². The van der Waals surface area contributed by atoms with Crippen LogP contribution in [0.5, 0.6) is 11.5 Å². The first-order chi connectivity index (χ1) is 11.6. The average Bonchev–Trinajstić information content (AvgIpc) is 3.23. The van der Waals surface area contributed by atoms with Crippen LogP contribution < -0.4 is 9.47 Å². The van der Waals surface area contributed by atoms with Crippen molar-refractivity contribution in [1.29, 1.82) is 0 Å². The Balaban J connectivity index is 1.54. The lowest BCUT2D eigenvalue weighted by atomic mass is 9.98. The maximum Gasteiger partial charge on any atom is 0.231 e. The number of nitrogens with zero attached hydrogens (tertiary/aromatic N) is 1. The first-order valence-electron chi connectivity index (χ1n) is 8.04. The highest BCUT2D eigenvalue weighted by Crippen LogP contribution is 2.37. The topological polar surface area (TPSA) is 74.3 Å². The van der Waals surface area contributed by atoms with Crippen molar-refractivity contribution >= 4 is 10.0 Å². The third-order valence-electron chi connectivity index (χ3n) is 4.33. The van der Waals surface area contributed by atoms with E-state index in [1.165, 1.54) is 0 Å². The van der Waals surface area contributed by atoms with Crippen molar-refractivity contribution in [3.63, 3.8) is 0 Å². The number of methoxy groups -OCH3 is 1. The molecule has 0 saturated carbocycles. The van der Waals surface area contributed by atoms with E-state index in [2.05, 4.69) is 0 Å². The molecule has 0 aliphatic carbocycles. The summed E-state index contributed by atoms with van der Waals surface area (Å²) in [5, 5.41) is 0. The van der Waals surface area contributed by atoms with Gasteiger partial charge in [-0.05, 0) is 30.0 Å². The number of hydrogen-bond acceptors (Lipinski definition) is 6. The molecular formula is C16H23NO6S. The van der Waals surface area contributed by atoms with Crippen LogP contribution in [0.1, 0.15) is 17.9 Å². The average molecular weight is 357 g/mol. The summed E-state index contributed by atoms with van der Waals surface area (Å²) in [5.41, 5.74) is 1.09. The zero-order valence-corrected chi connectivity index (χ0v) is 14.6. The molecular weight excluding hydrogens is 334 g/mol. The molecule has 2 aliphatic heterocycles. The first-order valence-corrected chi connectivity index (χ1v) is 9.65. The lowest BCUT2D eigenvalue weighted by Crippen LogP contribution is -2.32. The molecule has 1 atom stereocenters. The number of hydrogen-bond donors (Lipinski definition) is 0. The van der Waals surface area contributed by atoms with Crippen LogP contribution in [0.15, 0.2) is 18.2 Å². The Morgan fingerprint density at radius 2 is 2.04 bits per heavy atom. The van der Waals surface area contributed by atoms with Crippen molar-refractivity contribution in [3.05, 3.63) is 23.8 Å². The Bertz CT molecular complexity index is 663. The van der Waals surface area contributed by atoms with Gasteiger partial charge >= 0.3 is 0 Å². The Morgan fingerprint density at radius 1 is 1.21 bits per heavy atom. The molecule has 1 unspecified atom stereocenters. The summed E-state index contributed by atoms with van der Waals surface area (Å²) in [6, 6.07) is 5.83. The van der Waals surface area contributed by atoms with Gasteiger partial charge in [-0.2, -0.15) is 0 Å². The quantitative estimate of drug-likeness (QED) is 0.651. The SMILES string of the molecule is COCCOCCS(=O)(=O)N1CCC(c2ccc3c(c2)OCO3)C1. The third-order valence-corrected chi connectivity index (χ3v) is 6.13. The molecule has 24 heavy (non-hydrogen) atoms. The van der Waals surface area contributed by atoms with Gasteiger partial charge in [-0.15, -0.1) is 0 Å². The van der Waals surface area contributed by atoms with Gasteiger partial charge < -0.3 is 18.9 Å². The molecule has 2 heterocycles. The van der Waals surface area contributed by atoms with Crippen LogP contribution in [-0.2, 0) is 19.5 Å².